The lowest BCUT2D eigenvalue weighted by Gasteiger charge is -2.11. The third-order valence-corrected chi connectivity index (χ3v) is 4.66. The maximum atomic E-state index is 12.2. The molecule has 130 valence electrons. The molecular formula is C17H24N4O2S. The number of hydrogen-bond acceptors (Lipinski definition) is 6. The molecule has 0 aliphatic rings. The minimum Gasteiger partial charge on any atom is -0.361 e. The van der Waals surface area contributed by atoms with Gasteiger partial charge in [-0.2, -0.15) is 0 Å². The average Bonchev–Trinajstić information content (AvgIpc) is 2.81. The first-order valence-corrected chi connectivity index (χ1v) is 8.93. The topological polar surface area (TPSA) is 80.9 Å². The monoisotopic (exact) mass is 348 g/mol. The zero-order valence-corrected chi connectivity index (χ0v) is 15.7. The van der Waals surface area contributed by atoms with E-state index in [0.29, 0.717) is 11.7 Å². The van der Waals surface area contributed by atoms with Crippen molar-refractivity contribution in [2.75, 3.05) is 6.54 Å². The predicted molar refractivity (Wildman–Crippen MR) is 94.1 cm³/mol. The second-order valence-electron chi connectivity index (χ2n) is 5.89. The van der Waals surface area contributed by atoms with Crippen LogP contribution >= 0.6 is 11.8 Å². The molecule has 0 saturated heterocycles. The van der Waals surface area contributed by atoms with Crippen LogP contribution in [0, 0.1) is 27.7 Å². The minimum absolute atomic E-state index is 0.00141. The molecule has 0 spiro atoms. The molecule has 6 nitrogen and oxygen atoms in total. The number of thioether (sulfide) groups is 1. The summed E-state index contributed by atoms with van der Waals surface area (Å²) in [7, 11) is 0. The first-order chi connectivity index (χ1) is 11.4. The molecule has 1 N–H and O–H groups in total. The molecule has 2 aromatic rings. The van der Waals surface area contributed by atoms with E-state index in [1.165, 1.54) is 11.8 Å². The van der Waals surface area contributed by atoms with Crippen molar-refractivity contribution in [1.29, 1.82) is 0 Å². The van der Waals surface area contributed by atoms with E-state index in [2.05, 4.69) is 20.4 Å². The Bertz CT molecular complexity index is 675. The average molecular weight is 348 g/mol. The van der Waals surface area contributed by atoms with Gasteiger partial charge in [-0.25, -0.2) is 9.97 Å². The van der Waals surface area contributed by atoms with Crippen molar-refractivity contribution < 1.29 is 9.32 Å². The zero-order chi connectivity index (χ0) is 17.7. The number of amides is 1. The minimum atomic E-state index is -0.231. The van der Waals surface area contributed by atoms with Crippen molar-refractivity contribution in [2.24, 2.45) is 0 Å². The van der Waals surface area contributed by atoms with Crippen LogP contribution in [0.25, 0.3) is 0 Å². The summed E-state index contributed by atoms with van der Waals surface area (Å²) >= 11 is 1.38. The maximum absolute atomic E-state index is 12.2. The van der Waals surface area contributed by atoms with Crippen molar-refractivity contribution >= 4 is 17.7 Å². The Balaban J connectivity index is 1.77. The number of carbonyl (C=O) groups is 1. The smallest absolute Gasteiger partial charge is 0.233 e. The van der Waals surface area contributed by atoms with E-state index in [9.17, 15) is 4.79 Å². The Labute approximate surface area is 146 Å². The lowest BCUT2D eigenvalue weighted by atomic mass is 10.1. The van der Waals surface area contributed by atoms with Crippen LogP contribution in [-0.2, 0) is 11.2 Å². The molecule has 0 bridgehead atoms. The van der Waals surface area contributed by atoms with Crippen molar-refractivity contribution in [3.05, 3.63) is 34.5 Å². The third-order valence-electron chi connectivity index (χ3n) is 3.70. The Kier molecular flexibility index (Phi) is 6.36. The van der Waals surface area contributed by atoms with Crippen LogP contribution in [0.3, 0.4) is 0 Å². The summed E-state index contributed by atoms with van der Waals surface area (Å²) in [6, 6.07) is 1.92. The van der Waals surface area contributed by atoms with E-state index in [1.54, 1.807) is 0 Å². The summed E-state index contributed by atoms with van der Waals surface area (Å²) < 4.78 is 5.14. The largest absolute Gasteiger partial charge is 0.361 e. The summed E-state index contributed by atoms with van der Waals surface area (Å²) in [6.07, 6.45) is 1.70. The van der Waals surface area contributed by atoms with Crippen LogP contribution in [0.5, 0.6) is 0 Å². The molecule has 0 radical (unpaired) electrons. The molecule has 24 heavy (non-hydrogen) atoms. The standard InChI is InChI=1S/C17H24N4O2S/c1-10-9-11(2)20-17(19-10)24-14(5)16(22)18-8-6-7-15-12(3)21-23-13(15)4/h9,14H,6-8H2,1-5H3,(H,18,22)/t14-/m1/s1. The lowest BCUT2D eigenvalue weighted by molar-refractivity contribution is -0.120. The Morgan fingerprint density at radius 1 is 1.25 bits per heavy atom. The molecule has 0 saturated carbocycles. The van der Waals surface area contributed by atoms with Gasteiger partial charge in [0, 0.05) is 23.5 Å². The highest BCUT2D eigenvalue weighted by atomic mass is 32.2. The second-order valence-corrected chi connectivity index (χ2v) is 7.20. The quantitative estimate of drug-likeness (QED) is 0.471. The molecule has 2 aromatic heterocycles. The molecular weight excluding hydrogens is 324 g/mol. The fraction of sp³-hybridized carbons (Fsp3) is 0.529. The first-order valence-electron chi connectivity index (χ1n) is 8.05. The molecule has 0 aliphatic carbocycles. The lowest BCUT2D eigenvalue weighted by Crippen LogP contribution is -2.32. The van der Waals surface area contributed by atoms with Gasteiger partial charge in [-0.15, -0.1) is 0 Å². The number of carbonyl (C=O) groups excluding carboxylic acids is 1. The summed E-state index contributed by atoms with van der Waals surface area (Å²) in [5.41, 5.74) is 3.89. The second kappa shape index (κ2) is 8.28. The summed E-state index contributed by atoms with van der Waals surface area (Å²) in [5, 5.41) is 7.32. The van der Waals surface area contributed by atoms with E-state index in [4.69, 9.17) is 4.52 Å². The van der Waals surface area contributed by atoms with Crippen molar-refractivity contribution in [1.82, 2.24) is 20.4 Å². The first kappa shape index (κ1) is 18.4. The number of nitrogens with one attached hydrogen (secondary N) is 1. The highest BCUT2D eigenvalue weighted by Gasteiger charge is 2.16. The normalized spacial score (nSPS) is 12.2. The highest BCUT2D eigenvalue weighted by molar-refractivity contribution is 8.00. The number of nitrogens with zero attached hydrogens (tertiary/aromatic N) is 3. The number of aromatic nitrogens is 3. The van der Waals surface area contributed by atoms with Gasteiger partial charge in [0.2, 0.25) is 5.91 Å². The van der Waals surface area contributed by atoms with Gasteiger partial charge in [-0.3, -0.25) is 4.79 Å². The fourth-order valence-electron chi connectivity index (χ4n) is 2.44. The summed E-state index contributed by atoms with van der Waals surface area (Å²) in [4.78, 5) is 20.9. The van der Waals surface area contributed by atoms with E-state index in [1.807, 2.05) is 40.7 Å². The van der Waals surface area contributed by atoms with Gasteiger partial charge >= 0.3 is 0 Å². The van der Waals surface area contributed by atoms with Crippen LogP contribution in [-0.4, -0.2) is 32.8 Å². The number of hydrogen-bond donors (Lipinski definition) is 1. The van der Waals surface area contributed by atoms with Gasteiger partial charge in [0.05, 0.1) is 10.9 Å². The Morgan fingerprint density at radius 2 is 1.92 bits per heavy atom. The van der Waals surface area contributed by atoms with Gasteiger partial charge in [0.15, 0.2) is 5.16 Å². The SMILES string of the molecule is Cc1cc(C)nc(S[C@H](C)C(=O)NCCCc2c(C)noc2C)n1. The molecule has 1 atom stereocenters. The Hall–Kier alpha value is -1.89. The van der Waals surface area contributed by atoms with Gasteiger partial charge in [-0.1, -0.05) is 16.9 Å². The van der Waals surface area contributed by atoms with Gasteiger partial charge in [-0.05, 0) is 53.5 Å². The van der Waals surface area contributed by atoms with Crippen LogP contribution in [0.1, 0.15) is 41.8 Å². The van der Waals surface area contributed by atoms with Crippen molar-refractivity contribution in [3.8, 4) is 0 Å². The van der Waals surface area contributed by atoms with Crippen molar-refractivity contribution in [3.63, 3.8) is 0 Å². The van der Waals surface area contributed by atoms with Crippen molar-refractivity contribution in [2.45, 2.75) is 57.9 Å². The van der Waals surface area contributed by atoms with Gasteiger partial charge in [0.25, 0.3) is 0 Å². The third kappa shape index (κ3) is 5.06. The summed E-state index contributed by atoms with van der Waals surface area (Å²) in [5.74, 6) is 0.858. The van der Waals surface area contributed by atoms with E-state index < -0.39 is 0 Å². The number of rotatable bonds is 7. The molecule has 0 aromatic carbocycles. The number of aryl methyl sites for hydroxylation is 4. The molecule has 0 aliphatic heterocycles. The molecule has 2 heterocycles. The van der Waals surface area contributed by atoms with Crippen LogP contribution in [0.2, 0.25) is 0 Å². The van der Waals surface area contributed by atoms with Crippen LogP contribution in [0.4, 0.5) is 0 Å². The van der Waals surface area contributed by atoms with Crippen LogP contribution in [0.15, 0.2) is 15.7 Å². The predicted octanol–water partition coefficient (Wildman–Crippen LogP) is 2.93. The molecule has 1 amide bonds. The highest BCUT2D eigenvalue weighted by Crippen LogP contribution is 2.20. The van der Waals surface area contributed by atoms with Crippen LogP contribution < -0.4 is 5.32 Å². The Morgan fingerprint density at radius 3 is 2.50 bits per heavy atom. The summed E-state index contributed by atoms with van der Waals surface area (Å²) in [6.45, 7) is 10.2. The molecule has 0 unspecified atom stereocenters. The van der Waals surface area contributed by atoms with E-state index in [-0.39, 0.29) is 11.2 Å². The maximum Gasteiger partial charge on any atom is 0.233 e. The van der Waals surface area contributed by atoms with Gasteiger partial charge in [0.1, 0.15) is 5.76 Å². The zero-order valence-electron chi connectivity index (χ0n) is 14.8. The molecule has 2 rings (SSSR count). The molecule has 0 fully saturated rings. The van der Waals surface area contributed by atoms with E-state index >= 15 is 0 Å². The van der Waals surface area contributed by atoms with Gasteiger partial charge < -0.3 is 9.84 Å². The molecule has 7 heteroatoms. The van der Waals surface area contributed by atoms with E-state index in [0.717, 1.165) is 41.2 Å². The fourth-order valence-corrected chi connectivity index (χ4v) is 3.34.